The van der Waals surface area contributed by atoms with E-state index in [0.29, 0.717) is 16.7 Å². The van der Waals surface area contributed by atoms with E-state index in [0.717, 1.165) is 11.8 Å². The van der Waals surface area contributed by atoms with Gasteiger partial charge in [0.15, 0.2) is 0 Å². The molecule has 122 valence electrons. The van der Waals surface area contributed by atoms with Crippen molar-refractivity contribution in [2.45, 2.75) is 31.2 Å². The number of thioether (sulfide) groups is 1. The van der Waals surface area contributed by atoms with Gasteiger partial charge >= 0.3 is 0 Å². The quantitative estimate of drug-likeness (QED) is 0.483. The van der Waals surface area contributed by atoms with Gasteiger partial charge in [0.25, 0.3) is 5.22 Å². The third-order valence-corrected chi connectivity index (χ3v) is 4.97. The largest absolute Gasteiger partial charge is 0.411 e. The Bertz CT molecular complexity index is 856. The van der Waals surface area contributed by atoms with Crippen LogP contribution in [0.5, 0.6) is 0 Å². The number of aryl methyl sites for hydroxylation is 2. The SMILES string of the molecule is Cc1ccc(C(C)Sc2nnc(-c3ccc(C=O)cc3)o2)cc1C. The molecule has 0 aliphatic heterocycles. The second kappa shape index (κ2) is 7.01. The topological polar surface area (TPSA) is 56.0 Å². The Morgan fingerprint density at radius 2 is 1.79 bits per heavy atom. The number of benzene rings is 2. The number of nitrogens with zero attached hydrogens (tertiary/aromatic N) is 2. The third-order valence-electron chi connectivity index (χ3n) is 3.98. The summed E-state index contributed by atoms with van der Waals surface area (Å²) < 4.78 is 5.74. The van der Waals surface area contributed by atoms with Crippen LogP contribution >= 0.6 is 11.8 Å². The first-order valence-corrected chi connectivity index (χ1v) is 8.57. The minimum atomic E-state index is 0.218. The molecular formula is C19H18N2O2S. The fraction of sp³-hybridized carbons (Fsp3) is 0.211. The van der Waals surface area contributed by atoms with Crippen molar-refractivity contribution in [2.75, 3.05) is 0 Å². The summed E-state index contributed by atoms with van der Waals surface area (Å²) >= 11 is 1.54. The highest BCUT2D eigenvalue weighted by molar-refractivity contribution is 7.99. The summed E-state index contributed by atoms with van der Waals surface area (Å²) in [6.45, 7) is 6.35. The molecule has 1 heterocycles. The lowest BCUT2D eigenvalue weighted by Gasteiger charge is -2.10. The van der Waals surface area contributed by atoms with Crippen molar-refractivity contribution in [3.05, 3.63) is 64.7 Å². The molecule has 0 radical (unpaired) electrons. The smallest absolute Gasteiger partial charge is 0.277 e. The highest BCUT2D eigenvalue weighted by Gasteiger charge is 2.14. The van der Waals surface area contributed by atoms with E-state index in [1.165, 1.54) is 28.5 Å². The van der Waals surface area contributed by atoms with Crippen molar-refractivity contribution in [3.63, 3.8) is 0 Å². The lowest BCUT2D eigenvalue weighted by atomic mass is 10.0. The molecule has 0 saturated carbocycles. The minimum absolute atomic E-state index is 0.218. The predicted octanol–water partition coefficient (Wildman–Crippen LogP) is 5.02. The Labute approximate surface area is 145 Å². The maximum Gasteiger partial charge on any atom is 0.277 e. The summed E-state index contributed by atoms with van der Waals surface area (Å²) in [5.41, 5.74) is 5.23. The molecule has 0 spiro atoms. The van der Waals surface area contributed by atoms with Gasteiger partial charge in [-0.1, -0.05) is 42.1 Å². The number of aldehydes is 1. The summed E-state index contributed by atoms with van der Waals surface area (Å²) in [7, 11) is 0. The normalized spacial score (nSPS) is 12.1. The van der Waals surface area contributed by atoms with Crippen LogP contribution in [-0.2, 0) is 0 Å². The van der Waals surface area contributed by atoms with E-state index in [2.05, 4.69) is 49.2 Å². The van der Waals surface area contributed by atoms with Crippen molar-refractivity contribution in [1.82, 2.24) is 10.2 Å². The Hall–Kier alpha value is -2.40. The standard InChI is InChI=1S/C19H18N2O2S/c1-12-4-7-17(10-13(12)2)14(3)24-19-21-20-18(23-19)16-8-5-15(11-22)6-9-16/h4-11,14H,1-3H3. The van der Waals surface area contributed by atoms with Gasteiger partial charge in [-0.15, -0.1) is 10.2 Å². The molecule has 5 heteroatoms. The second-order valence-corrected chi connectivity index (χ2v) is 7.01. The first-order valence-electron chi connectivity index (χ1n) is 7.70. The van der Waals surface area contributed by atoms with Gasteiger partial charge in [0.05, 0.1) is 0 Å². The second-order valence-electron chi connectivity index (χ2n) is 5.72. The summed E-state index contributed by atoms with van der Waals surface area (Å²) in [5, 5.41) is 8.97. The van der Waals surface area contributed by atoms with E-state index in [1.807, 2.05) is 0 Å². The molecule has 0 N–H and O–H groups in total. The van der Waals surface area contributed by atoms with E-state index in [1.54, 1.807) is 24.3 Å². The van der Waals surface area contributed by atoms with Crippen molar-refractivity contribution in [2.24, 2.45) is 0 Å². The number of carbonyl (C=O) groups excluding carboxylic acids is 1. The Kier molecular flexibility index (Phi) is 4.81. The number of hydrogen-bond donors (Lipinski definition) is 0. The third kappa shape index (κ3) is 3.57. The van der Waals surface area contributed by atoms with Crippen LogP contribution in [0.3, 0.4) is 0 Å². The molecule has 0 fully saturated rings. The first-order chi connectivity index (χ1) is 11.6. The predicted molar refractivity (Wildman–Crippen MR) is 95.3 cm³/mol. The van der Waals surface area contributed by atoms with Gasteiger partial charge in [0.1, 0.15) is 6.29 Å². The monoisotopic (exact) mass is 338 g/mol. The van der Waals surface area contributed by atoms with E-state index < -0.39 is 0 Å². The maximum absolute atomic E-state index is 10.7. The van der Waals surface area contributed by atoms with Gasteiger partial charge < -0.3 is 4.42 Å². The highest BCUT2D eigenvalue weighted by Crippen LogP contribution is 2.35. The average molecular weight is 338 g/mol. The zero-order chi connectivity index (χ0) is 17.1. The summed E-state index contributed by atoms with van der Waals surface area (Å²) in [6, 6.07) is 13.5. The van der Waals surface area contributed by atoms with E-state index >= 15 is 0 Å². The lowest BCUT2D eigenvalue weighted by Crippen LogP contribution is -1.91. The van der Waals surface area contributed by atoms with Crippen LogP contribution < -0.4 is 0 Å². The van der Waals surface area contributed by atoms with Crippen LogP contribution in [0.1, 0.15) is 39.2 Å². The Balaban J connectivity index is 1.75. The number of hydrogen-bond acceptors (Lipinski definition) is 5. The van der Waals surface area contributed by atoms with Crippen LogP contribution in [0.15, 0.2) is 52.1 Å². The number of carbonyl (C=O) groups is 1. The van der Waals surface area contributed by atoms with Crippen LogP contribution in [-0.4, -0.2) is 16.5 Å². The number of rotatable bonds is 5. The van der Waals surface area contributed by atoms with Crippen LogP contribution in [0.2, 0.25) is 0 Å². The fourth-order valence-corrected chi connectivity index (χ4v) is 3.12. The molecule has 1 aromatic heterocycles. The van der Waals surface area contributed by atoms with Crippen LogP contribution in [0.4, 0.5) is 0 Å². The van der Waals surface area contributed by atoms with Gasteiger partial charge in [0.2, 0.25) is 5.89 Å². The van der Waals surface area contributed by atoms with Gasteiger partial charge in [-0.25, -0.2) is 0 Å². The zero-order valence-electron chi connectivity index (χ0n) is 13.8. The fourth-order valence-electron chi connectivity index (χ4n) is 2.32. The van der Waals surface area contributed by atoms with E-state index in [-0.39, 0.29) is 5.25 Å². The Morgan fingerprint density at radius 1 is 1.04 bits per heavy atom. The maximum atomic E-state index is 10.7. The molecule has 0 aliphatic rings. The molecule has 0 aliphatic carbocycles. The molecule has 3 rings (SSSR count). The molecule has 0 amide bonds. The zero-order valence-corrected chi connectivity index (χ0v) is 14.6. The minimum Gasteiger partial charge on any atom is -0.411 e. The molecule has 0 bridgehead atoms. The molecule has 1 atom stereocenters. The molecule has 0 saturated heterocycles. The molecular weight excluding hydrogens is 320 g/mol. The highest BCUT2D eigenvalue weighted by atomic mass is 32.2. The molecule has 2 aromatic carbocycles. The first kappa shape index (κ1) is 16.5. The molecule has 1 unspecified atom stereocenters. The van der Waals surface area contributed by atoms with Gasteiger partial charge in [-0.3, -0.25) is 4.79 Å². The van der Waals surface area contributed by atoms with E-state index in [4.69, 9.17) is 4.42 Å². The lowest BCUT2D eigenvalue weighted by molar-refractivity contribution is 0.112. The van der Waals surface area contributed by atoms with Crippen molar-refractivity contribution in [3.8, 4) is 11.5 Å². The van der Waals surface area contributed by atoms with Crippen molar-refractivity contribution >= 4 is 18.0 Å². The molecule has 24 heavy (non-hydrogen) atoms. The van der Waals surface area contributed by atoms with Crippen LogP contribution in [0, 0.1) is 13.8 Å². The summed E-state index contributed by atoms with van der Waals surface area (Å²) in [5.74, 6) is 0.460. The number of aromatic nitrogens is 2. The average Bonchev–Trinajstić information content (AvgIpc) is 3.06. The van der Waals surface area contributed by atoms with Gasteiger partial charge in [0, 0.05) is 16.4 Å². The summed E-state index contributed by atoms with van der Waals surface area (Å²) in [4.78, 5) is 10.7. The van der Waals surface area contributed by atoms with Gasteiger partial charge in [-0.2, -0.15) is 0 Å². The Morgan fingerprint density at radius 3 is 2.46 bits per heavy atom. The van der Waals surface area contributed by atoms with Crippen LogP contribution in [0.25, 0.3) is 11.5 Å². The van der Waals surface area contributed by atoms with Gasteiger partial charge in [-0.05, 0) is 49.6 Å². The summed E-state index contributed by atoms with van der Waals surface area (Å²) in [6.07, 6.45) is 0.810. The molecule has 3 aromatic rings. The molecule has 4 nitrogen and oxygen atoms in total. The van der Waals surface area contributed by atoms with Crippen molar-refractivity contribution in [1.29, 1.82) is 0 Å². The van der Waals surface area contributed by atoms with E-state index in [9.17, 15) is 4.79 Å². The van der Waals surface area contributed by atoms with Crippen molar-refractivity contribution < 1.29 is 9.21 Å².